The minimum atomic E-state index is -4.11. The SMILES string of the molecule is Nc1ccc(CCN(CC(F)(F)F)C2CC2)cc1. The summed E-state index contributed by atoms with van der Waals surface area (Å²) in [7, 11) is 0. The first-order valence-corrected chi connectivity index (χ1v) is 6.09. The third kappa shape index (κ3) is 4.22. The molecule has 0 amide bonds. The summed E-state index contributed by atoms with van der Waals surface area (Å²) < 4.78 is 37.2. The van der Waals surface area contributed by atoms with E-state index in [1.54, 1.807) is 12.1 Å². The van der Waals surface area contributed by atoms with Crippen molar-refractivity contribution in [1.82, 2.24) is 4.90 Å². The molecule has 0 atom stereocenters. The van der Waals surface area contributed by atoms with Gasteiger partial charge >= 0.3 is 6.18 Å². The maximum Gasteiger partial charge on any atom is 0.401 e. The van der Waals surface area contributed by atoms with Crippen LogP contribution in [0.1, 0.15) is 18.4 Å². The Labute approximate surface area is 105 Å². The Hall–Kier alpha value is -1.23. The van der Waals surface area contributed by atoms with Crippen molar-refractivity contribution in [2.75, 3.05) is 18.8 Å². The van der Waals surface area contributed by atoms with Gasteiger partial charge < -0.3 is 5.73 Å². The van der Waals surface area contributed by atoms with E-state index in [2.05, 4.69) is 0 Å². The molecule has 1 saturated carbocycles. The van der Waals surface area contributed by atoms with Gasteiger partial charge in [0.2, 0.25) is 0 Å². The maximum atomic E-state index is 12.4. The number of halogens is 3. The van der Waals surface area contributed by atoms with Crippen molar-refractivity contribution in [1.29, 1.82) is 0 Å². The van der Waals surface area contributed by atoms with Crippen LogP contribution in [0.4, 0.5) is 18.9 Å². The molecular formula is C13H17F3N2. The fraction of sp³-hybridized carbons (Fsp3) is 0.538. The van der Waals surface area contributed by atoms with Crippen LogP contribution in [-0.2, 0) is 6.42 Å². The lowest BCUT2D eigenvalue weighted by Gasteiger charge is -2.23. The highest BCUT2D eigenvalue weighted by atomic mass is 19.4. The number of hydrogen-bond donors (Lipinski definition) is 1. The number of anilines is 1. The molecule has 0 unspecified atom stereocenters. The average molecular weight is 258 g/mol. The number of benzene rings is 1. The van der Waals surface area contributed by atoms with Crippen LogP contribution in [-0.4, -0.2) is 30.2 Å². The van der Waals surface area contributed by atoms with Gasteiger partial charge in [0.25, 0.3) is 0 Å². The van der Waals surface area contributed by atoms with E-state index in [0.29, 0.717) is 18.7 Å². The van der Waals surface area contributed by atoms with Crippen LogP contribution in [0, 0.1) is 0 Å². The molecule has 0 aromatic heterocycles. The second-order valence-corrected chi connectivity index (χ2v) is 4.81. The predicted molar refractivity (Wildman–Crippen MR) is 65.2 cm³/mol. The highest BCUT2D eigenvalue weighted by Crippen LogP contribution is 2.30. The molecule has 0 saturated heterocycles. The molecule has 1 aromatic rings. The van der Waals surface area contributed by atoms with Gasteiger partial charge in [-0.3, -0.25) is 4.90 Å². The van der Waals surface area contributed by atoms with Crippen LogP contribution in [0.5, 0.6) is 0 Å². The molecule has 2 nitrogen and oxygen atoms in total. The lowest BCUT2D eigenvalue weighted by Crippen LogP contribution is -2.37. The molecule has 2 N–H and O–H groups in total. The summed E-state index contributed by atoms with van der Waals surface area (Å²) in [6.45, 7) is -0.346. The standard InChI is InChI=1S/C13H17F3N2/c14-13(15,16)9-18(12-5-6-12)8-7-10-1-3-11(17)4-2-10/h1-4,12H,5-9,17H2. The van der Waals surface area contributed by atoms with Crippen LogP contribution in [0.25, 0.3) is 0 Å². The highest BCUT2D eigenvalue weighted by Gasteiger charge is 2.37. The number of nitrogens with zero attached hydrogens (tertiary/aromatic N) is 1. The molecule has 2 rings (SSSR count). The molecule has 0 aliphatic heterocycles. The van der Waals surface area contributed by atoms with Gasteiger partial charge in [-0.2, -0.15) is 13.2 Å². The molecule has 1 aromatic carbocycles. The van der Waals surface area contributed by atoms with Crippen LogP contribution in [0.2, 0.25) is 0 Å². The molecule has 1 aliphatic rings. The molecular weight excluding hydrogens is 241 g/mol. The van der Waals surface area contributed by atoms with Crippen LogP contribution < -0.4 is 5.73 Å². The lowest BCUT2D eigenvalue weighted by atomic mass is 10.1. The minimum absolute atomic E-state index is 0.125. The summed E-state index contributed by atoms with van der Waals surface area (Å²) in [5, 5.41) is 0. The Bertz CT molecular complexity index is 382. The Balaban J connectivity index is 1.87. The van der Waals surface area contributed by atoms with Crippen LogP contribution >= 0.6 is 0 Å². The molecule has 0 heterocycles. The van der Waals surface area contributed by atoms with Gasteiger partial charge in [0.05, 0.1) is 6.54 Å². The maximum absolute atomic E-state index is 12.4. The summed E-state index contributed by atoms with van der Waals surface area (Å²) in [4.78, 5) is 1.54. The summed E-state index contributed by atoms with van der Waals surface area (Å²) >= 11 is 0. The van der Waals surface area contributed by atoms with Gasteiger partial charge in [-0.05, 0) is 37.0 Å². The summed E-state index contributed by atoms with van der Waals surface area (Å²) in [5.41, 5.74) is 7.26. The zero-order chi connectivity index (χ0) is 13.2. The van der Waals surface area contributed by atoms with Crippen LogP contribution in [0.3, 0.4) is 0 Å². The number of nitrogen functional groups attached to an aromatic ring is 1. The second-order valence-electron chi connectivity index (χ2n) is 4.81. The Morgan fingerprint density at radius 1 is 1.17 bits per heavy atom. The van der Waals surface area contributed by atoms with Crippen molar-refractivity contribution < 1.29 is 13.2 Å². The minimum Gasteiger partial charge on any atom is -0.399 e. The number of alkyl halides is 3. The Morgan fingerprint density at radius 3 is 2.28 bits per heavy atom. The van der Waals surface area contributed by atoms with Gasteiger partial charge in [-0.25, -0.2) is 0 Å². The van der Waals surface area contributed by atoms with Crippen molar-refractivity contribution in [2.24, 2.45) is 0 Å². The Kier molecular flexibility index (Phi) is 3.80. The van der Waals surface area contributed by atoms with Gasteiger partial charge in [0.1, 0.15) is 0 Å². The molecule has 5 heteroatoms. The van der Waals surface area contributed by atoms with E-state index in [0.717, 1.165) is 18.4 Å². The van der Waals surface area contributed by atoms with Gasteiger partial charge in [0.15, 0.2) is 0 Å². The number of hydrogen-bond acceptors (Lipinski definition) is 2. The van der Waals surface area contributed by atoms with E-state index in [9.17, 15) is 13.2 Å². The first kappa shape index (κ1) is 13.2. The molecule has 1 fully saturated rings. The monoisotopic (exact) mass is 258 g/mol. The Morgan fingerprint density at radius 2 is 1.78 bits per heavy atom. The van der Waals surface area contributed by atoms with E-state index in [1.807, 2.05) is 12.1 Å². The van der Waals surface area contributed by atoms with E-state index in [-0.39, 0.29) is 6.04 Å². The molecule has 1 aliphatic carbocycles. The third-order valence-corrected chi connectivity index (χ3v) is 3.11. The van der Waals surface area contributed by atoms with Crippen molar-refractivity contribution in [2.45, 2.75) is 31.5 Å². The van der Waals surface area contributed by atoms with Crippen molar-refractivity contribution in [3.63, 3.8) is 0 Å². The zero-order valence-electron chi connectivity index (χ0n) is 10.1. The molecule has 18 heavy (non-hydrogen) atoms. The molecule has 100 valence electrons. The number of rotatable bonds is 5. The fourth-order valence-corrected chi connectivity index (χ4v) is 2.02. The third-order valence-electron chi connectivity index (χ3n) is 3.11. The smallest absolute Gasteiger partial charge is 0.399 e. The summed E-state index contributed by atoms with van der Waals surface area (Å²) in [6.07, 6.45) is -1.70. The van der Waals surface area contributed by atoms with Crippen molar-refractivity contribution >= 4 is 5.69 Å². The first-order chi connectivity index (χ1) is 8.44. The van der Waals surface area contributed by atoms with E-state index < -0.39 is 12.7 Å². The van der Waals surface area contributed by atoms with Crippen LogP contribution in [0.15, 0.2) is 24.3 Å². The molecule has 0 bridgehead atoms. The van der Waals surface area contributed by atoms with Gasteiger partial charge in [0, 0.05) is 18.3 Å². The van der Waals surface area contributed by atoms with Gasteiger partial charge in [-0.1, -0.05) is 12.1 Å². The first-order valence-electron chi connectivity index (χ1n) is 6.09. The van der Waals surface area contributed by atoms with Gasteiger partial charge in [-0.15, -0.1) is 0 Å². The normalized spacial score (nSPS) is 16.2. The van der Waals surface area contributed by atoms with Crippen molar-refractivity contribution in [3.8, 4) is 0 Å². The lowest BCUT2D eigenvalue weighted by molar-refractivity contribution is -0.147. The quantitative estimate of drug-likeness (QED) is 0.823. The largest absolute Gasteiger partial charge is 0.401 e. The number of nitrogens with two attached hydrogens (primary N) is 1. The summed E-state index contributed by atoms with van der Waals surface area (Å²) in [6, 6.07) is 7.42. The van der Waals surface area contributed by atoms with E-state index in [4.69, 9.17) is 5.73 Å². The highest BCUT2D eigenvalue weighted by molar-refractivity contribution is 5.39. The topological polar surface area (TPSA) is 29.3 Å². The second kappa shape index (κ2) is 5.18. The van der Waals surface area contributed by atoms with Crippen molar-refractivity contribution in [3.05, 3.63) is 29.8 Å². The molecule has 0 radical (unpaired) electrons. The van der Waals surface area contributed by atoms with E-state index >= 15 is 0 Å². The average Bonchev–Trinajstić information content (AvgIpc) is 3.08. The summed E-state index contributed by atoms with van der Waals surface area (Å²) in [5.74, 6) is 0. The zero-order valence-corrected chi connectivity index (χ0v) is 10.1. The predicted octanol–water partition coefficient (Wildman–Crippen LogP) is 2.84. The van der Waals surface area contributed by atoms with E-state index in [1.165, 1.54) is 4.90 Å². The fourth-order valence-electron chi connectivity index (χ4n) is 2.02. The molecule has 0 spiro atoms.